The van der Waals surface area contributed by atoms with Crippen LogP contribution >= 0.6 is 0 Å². The maximum atomic E-state index is 10.3. The summed E-state index contributed by atoms with van der Waals surface area (Å²) in [5.41, 5.74) is 0. The molecule has 0 saturated carbocycles. The molecule has 9 heavy (non-hydrogen) atoms. The molecule has 1 N–H and O–H groups in total. The van der Waals surface area contributed by atoms with Crippen molar-refractivity contribution in [2.24, 2.45) is 0 Å². The average Bonchev–Trinajstić information content (AvgIpc) is 2.10. The Morgan fingerprint density at radius 1 is 1.89 bits per heavy atom. The van der Waals surface area contributed by atoms with Gasteiger partial charge >= 0.3 is 5.97 Å². The zero-order chi connectivity index (χ0) is 6.85. The van der Waals surface area contributed by atoms with Crippen molar-refractivity contribution in [2.45, 2.75) is 6.10 Å². The van der Waals surface area contributed by atoms with Gasteiger partial charge in [0.05, 0.1) is 6.08 Å². The molecule has 1 unspecified atom stereocenters. The summed E-state index contributed by atoms with van der Waals surface area (Å²) in [6.45, 7) is 3.35. The van der Waals surface area contributed by atoms with E-state index in [1.165, 1.54) is 6.08 Å². The highest BCUT2D eigenvalue weighted by atomic mass is 16.6. The molecule has 1 aliphatic rings. The molecule has 1 atom stereocenters. The van der Waals surface area contributed by atoms with E-state index < -0.39 is 12.1 Å². The molecule has 0 fully saturated rings. The predicted molar refractivity (Wildman–Crippen MR) is 30.8 cm³/mol. The molecule has 0 radical (unpaired) electrons. The van der Waals surface area contributed by atoms with Gasteiger partial charge in [0, 0.05) is 0 Å². The second kappa shape index (κ2) is 1.93. The summed E-state index contributed by atoms with van der Waals surface area (Å²) in [4.78, 5) is 10.3. The molecule has 0 saturated heterocycles. The van der Waals surface area contributed by atoms with Crippen LogP contribution in [0.25, 0.3) is 0 Å². The van der Waals surface area contributed by atoms with Crippen molar-refractivity contribution in [3.05, 3.63) is 24.5 Å². The summed E-state index contributed by atoms with van der Waals surface area (Å²) in [6.07, 6.45) is 1.76. The normalized spacial score (nSPS) is 25.1. The van der Waals surface area contributed by atoms with Crippen LogP contribution in [-0.2, 0) is 9.53 Å². The van der Waals surface area contributed by atoms with Crippen molar-refractivity contribution in [1.29, 1.82) is 0 Å². The van der Waals surface area contributed by atoms with Crippen LogP contribution in [-0.4, -0.2) is 17.2 Å². The first-order valence-electron chi connectivity index (χ1n) is 2.48. The van der Waals surface area contributed by atoms with Gasteiger partial charge in [0.2, 0.25) is 0 Å². The molecule has 0 spiro atoms. The topological polar surface area (TPSA) is 46.5 Å². The summed E-state index contributed by atoms with van der Waals surface area (Å²) in [6, 6.07) is 0. The number of hydrogen-bond donors (Lipinski definition) is 1. The zero-order valence-electron chi connectivity index (χ0n) is 4.70. The maximum absolute atomic E-state index is 10.3. The van der Waals surface area contributed by atoms with E-state index in [-0.39, 0.29) is 5.76 Å². The molecule has 0 aliphatic carbocycles. The van der Waals surface area contributed by atoms with Crippen molar-refractivity contribution in [3.8, 4) is 0 Å². The lowest BCUT2D eigenvalue weighted by molar-refractivity contribution is -0.137. The van der Waals surface area contributed by atoms with E-state index in [0.717, 1.165) is 6.08 Å². The monoisotopic (exact) mass is 126 g/mol. The molecular formula is C6H6O3. The molecule has 1 rings (SSSR count). The van der Waals surface area contributed by atoms with Gasteiger partial charge in [0.15, 0.2) is 6.10 Å². The number of hydrogen-bond acceptors (Lipinski definition) is 3. The van der Waals surface area contributed by atoms with Crippen LogP contribution in [0.15, 0.2) is 24.5 Å². The van der Waals surface area contributed by atoms with Crippen molar-refractivity contribution < 1.29 is 14.6 Å². The Bertz CT molecular complexity index is 181. The Morgan fingerprint density at radius 2 is 2.56 bits per heavy atom. The number of carbonyl (C=O) groups is 1. The van der Waals surface area contributed by atoms with Crippen molar-refractivity contribution in [1.82, 2.24) is 0 Å². The molecule has 1 heterocycles. The zero-order valence-corrected chi connectivity index (χ0v) is 4.70. The van der Waals surface area contributed by atoms with Gasteiger partial charge < -0.3 is 9.84 Å². The van der Waals surface area contributed by atoms with E-state index in [1.807, 2.05) is 0 Å². The Kier molecular flexibility index (Phi) is 1.26. The lowest BCUT2D eigenvalue weighted by Gasteiger charge is -2.01. The number of cyclic esters (lactones) is 1. The molecule has 0 aromatic carbocycles. The molecule has 0 bridgehead atoms. The highest BCUT2D eigenvalue weighted by Crippen LogP contribution is 2.12. The standard InChI is InChI=1S/C6H6O3/c1-2-5-4(7)3-6(8)9-5/h2-3,5,7H,1H2. The summed E-state index contributed by atoms with van der Waals surface area (Å²) < 4.78 is 4.52. The Hall–Kier alpha value is -1.25. The van der Waals surface area contributed by atoms with Crippen LogP contribution in [0.1, 0.15) is 0 Å². The van der Waals surface area contributed by atoms with Crippen LogP contribution in [0.5, 0.6) is 0 Å². The van der Waals surface area contributed by atoms with E-state index >= 15 is 0 Å². The molecule has 0 amide bonds. The second-order valence-corrected chi connectivity index (χ2v) is 1.66. The molecular weight excluding hydrogens is 120 g/mol. The second-order valence-electron chi connectivity index (χ2n) is 1.66. The minimum atomic E-state index is -0.627. The van der Waals surface area contributed by atoms with Crippen molar-refractivity contribution >= 4 is 5.97 Å². The molecule has 3 heteroatoms. The van der Waals surface area contributed by atoms with Gasteiger partial charge in [-0.2, -0.15) is 0 Å². The Morgan fingerprint density at radius 3 is 2.78 bits per heavy atom. The van der Waals surface area contributed by atoms with Gasteiger partial charge in [-0.15, -0.1) is 0 Å². The number of rotatable bonds is 1. The Labute approximate surface area is 52.2 Å². The smallest absolute Gasteiger partial charge is 0.335 e. The minimum Gasteiger partial charge on any atom is -0.508 e. The molecule has 48 valence electrons. The summed E-state index contributed by atoms with van der Waals surface area (Å²) >= 11 is 0. The van der Waals surface area contributed by atoms with Crippen LogP contribution in [0.3, 0.4) is 0 Å². The quantitative estimate of drug-likeness (QED) is 0.412. The third kappa shape index (κ3) is 0.937. The largest absolute Gasteiger partial charge is 0.508 e. The van der Waals surface area contributed by atoms with Crippen LogP contribution in [0.4, 0.5) is 0 Å². The fourth-order valence-corrected chi connectivity index (χ4v) is 0.591. The predicted octanol–water partition coefficient (Wildman–Crippen LogP) is 0.540. The summed E-state index contributed by atoms with van der Waals surface area (Å²) in [7, 11) is 0. The number of aliphatic hydroxyl groups is 1. The van der Waals surface area contributed by atoms with Crippen molar-refractivity contribution in [3.63, 3.8) is 0 Å². The lowest BCUT2D eigenvalue weighted by atomic mass is 10.3. The summed E-state index contributed by atoms with van der Waals surface area (Å²) in [5, 5.41) is 8.80. The number of carbonyl (C=O) groups excluding carboxylic acids is 1. The number of esters is 1. The fraction of sp³-hybridized carbons (Fsp3) is 0.167. The highest BCUT2D eigenvalue weighted by Gasteiger charge is 2.21. The first-order chi connectivity index (χ1) is 4.24. The maximum Gasteiger partial charge on any atom is 0.335 e. The average molecular weight is 126 g/mol. The van der Waals surface area contributed by atoms with Gasteiger partial charge in [-0.25, -0.2) is 4.79 Å². The number of ether oxygens (including phenoxy) is 1. The van der Waals surface area contributed by atoms with E-state index in [2.05, 4.69) is 11.3 Å². The Balaban J connectivity index is 2.75. The lowest BCUT2D eigenvalue weighted by Crippen LogP contribution is -2.06. The van der Waals surface area contributed by atoms with E-state index in [9.17, 15) is 4.79 Å². The minimum absolute atomic E-state index is 0.0741. The molecule has 3 nitrogen and oxygen atoms in total. The first-order valence-corrected chi connectivity index (χ1v) is 2.48. The van der Waals surface area contributed by atoms with E-state index in [4.69, 9.17) is 5.11 Å². The molecule has 0 aromatic heterocycles. The van der Waals surface area contributed by atoms with Crippen LogP contribution in [0, 0.1) is 0 Å². The van der Waals surface area contributed by atoms with Gasteiger partial charge in [-0.3, -0.25) is 0 Å². The highest BCUT2D eigenvalue weighted by molar-refractivity contribution is 5.85. The van der Waals surface area contributed by atoms with Crippen molar-refractivity contribution in [2.75, 3.05) is 0 Å². The third-order valence-electron chi connectivity index (χ3n) is 1.01. The van der Waals surface area contributed by atoms with Gasteiger partial charge in [0.1, 0.15) is 5.76 Å². The SMILES string of the molecule is C=CC1OC(=O)C=C1O. The third-order valence-corrected chi connectivity index (χ3v) is 1.01. The fourth-order valence-electron chi connectivity index (χ4n) is 0.591. The van der Waals surface area contributed by atoms with Gasteiger partial charge in [-0.05, 0) is 6.08 Å². The molecule has 1 aliphatic heterocycles. The summed E-state index contributed by atoms with van der Waals surface area (Å²) in [5.74, 6) is -0.590. The van der Waals surface area contributed by atoms with Crippen LogP contribution in [0.2, 0.25) is 0 Å². The van der Waals surface area contributed by atoms with Gasteiger partial charge in [0.25, 0.3) is 0 Å². The van der Waals surface area contributed by atoms with E-state index in [0.29, 0.717) is 0 Å². The van der Waals surface area contributed by atoms with E-state index in [1.54, 1.807) is 0 Å². The first kappa shape index (κ1) is 5.88. The van der Waals surface area contributed by atoms with Crippen LogP contribution < -0.4 is 0 Å². The molecule has 0 aromatic rings. The van der Waals surface area contributed by atoms with Gasteiger partial charge in [-0.1, -0.05) is 6.58 Å². The number of aliphatic hydroxyl groups excluding tert-OH is 1.